The summed E-state index contributed by atoms with van der Waals surface area (Å²) in [7, 11) is 0. The summed E-state index contributed by atoms with van der Waals surface area (Å²) in [6.07, 6.45) is 1.66. The molecule has 0 aliphatic carbocycles. The lowest BCUT2D eigenvalue weighted by Gasteiger charge is -2.09. The molecule has 1 heterocycles. The standard InChI is InChI=1S/C21H20N2O2/c1-16-12-17(2)23(21(24)13-16)22-14-19-10-6-7-11-20(19)25-15-18-8-4-3-5-9-18/h3-14H,15H2,1-2H3/b22-14+. The summed E-state index contributed by atoms with van der Waals surface area (Å²) in [4.78, 5) is 12.1. The van der Waals surface area contributed by atoms with Crippen LogP contribution in [-0.2, 0) is 6.61 Å². The average Bonchev–Trinajstić information content (AvgIpc) is 2.61. The Labute approximate surface area is 147 Å². The van der Waals surface area contributed by atoms with Crippen LogP contribution in [0, 0.1) is 13.8 Å². The van der Waals surface area contributed by atoms with Crippen molar-refractivity contribution in [2.24, 2.45) is 5.10 Å². The highest BCUT2D eigenvalue weighted by Gasteiger charge is 2.03. The monoisotopic (exact) mass is 332 g/mol. The molecule has 0 bridgehead atoms. The molecule has 1 aromatic heterocycles. The molecule has 0 fully saturated rings. The van der Waals surface area contributed by atoms with Gasteiger partial charge in [0.15, 0.2) is 0 Å². The van der Waals surface area contributed by atoms with E-state index in [4.69, 9.17) is 4.74 Å². The highest BCUT2D eigenvalue weighted by Crippen LogP contribution is 2.17. The molecular formula is C21H20N2O2. The molecule has 2 aromatic carbocycles. The number of para-hydroxylation sites is 1. The lowest BCUT2D eigenvalue weighted by Crippen LogP contribution is -2.18. The van der Waals surface area contributed by atoms with E-state index in [0.717, 1.165) is 28.1 Å². The van der Waals surface area contributed by atoms with Crippen molar-refractivity contribution in [1.29, 1.82) is 0 Å². The number of hydrogen-bond donors (Lipinski definition) is 0. The minimum atomic E-state index is -0.142. The van der Waals surface area contributed by atoms with E-state index in [0.29, 0.717) is 6.61 Å². The van der Waals surface area contributed by atoms with Crippen LogP contribution in [0.1, 0.15) is 22.4 Å². The summed E-state index contributed by atoms with van der Waals surface area (Å²) in [5.74, 6) is 0.730. The van der Waals surface area contributed by atoms with Crippen molar-refractivity contribution in [3.63, 3.8) is 0 Å². The van der Waals surface area contributed by atoms with Crippen molar-refractivity contribution in [2.45, 2.75) is 20.5 Å². The summed E-state index contributed by atoms with van der Waals surface area (Å²) in [5.41, 5.74) is 3.51. The zero-order chi connectivity index (χ0) is 17.6. The maximum atomic E-state index is 12.1. The molecule has 0 N–H and O–H groups in total. The molecule has 0 radical (unpaired) electrons. The molecule has 3 rings (SSSR count). The summed E-state index contributed by atoms with van der Waals surface area (Å²) >= 11 is 0. The molecule has 0 atom stereocenters. The van der Waals surface area contributed by atoms with Crippen LogP contribution in [0.2, 0.25) is 0 Å². The van der Waals surface area contributed by atoms with E-state index in [1.54, 1.807) is 12.3 Å². The highest BCUT2D eigenvalue weighted by atomic mass is 16.5. The van der Waals surface area contributed by atoms with Crippen LogP contribution in [0.5, 0.6) is 5.75 Å². The summed E-state index contributed by atoms with van der Waals surface area (Å²) < 4.78 is 7.30. The Morgan fingerprint density at radius 3 is 2.48 bits per heavy atom. The van der Waals surface area contributed by atoms with Gasteiger partial charge in [0.05, 0.1) is 6.21 Å². The Bertz CT molecular complexity index is 944. The van der Waals surface area contributed by atoms with Gasteiger partial charge in [-0.3, -0.25) is 4.79 Å². The van der Waals surface area contributed by atoms with Crippen LogP contribution in [0.3, 0.4) is 0 Å². The number of hydrogen-bond acceptors (Lipinski definition) is 3. The summed E-state index contributed by atoms with van der Waals surface area (Å²) in [6, 6.07) is 21.1. The number of ether oxygens (including phenoxy) is 1. The molecule has 0 aliphatic rings. The largest absolute Gasteiger partial charge is 0.488 e. The number of benzene rings is 2. The van der Waals surface area contributed by atoms with E-state index in [9.17, 15) is 4.79 Å². The molecule has 25 heavy (non-hydrogen) atoms. The van der Waals surface area contributed by atoms with Crippen LogP contribution in [0.4, 0.5) is 0 Å². The third kappa shape index (κ3) is 4.23. The Morgan fingerprint density at radius 1 is 1.00 bits per heavy atom. The third-order valence-corrected chi connectivity index (χ3v) is 3.80. The molecule has 0 saturated heterocycles. The maximum Gasteiger partial charge on any atom is 0.271 e. The summed E-state index contributed by atoms with van der Waals surface area (Å²) in [6.45, 7) is 4.24. The molecule has 0 unspecified atom stereocenters. The Balaban J connectivity index is 1.83. The van der Waals surface area contributed by atoms with Crippen LogP contribution < -0.4 is 10.3 Å². The SMILES string of the molecule is Cc1cc(C)n(/N=C/c2ccccc2OCc2ccccc2)c(=O)c1. The third-order valence-electron chi connectivity index (χ3n) is 3.80. The van der Waals surface area contributed by atoms with Gasteiger partial charge in [-0.25, -0.2) is 4.68 Å². The first-order valence-electron chi connectivity index (χ1n) is 8.14. The fraction of sp³-hybridized carbons (Fsp3) is 0.143. The van der Waals surface area contributed by atoms with Crippen molar-refractivity contribution in [2.75, 3.05) is 0 Å². The number of pyridine rings is 1. The van der Waals surface area contributed by atoms with Gasteiger partial charge in [-0.15, -0.1) is 0 Å². The zero-order valence-electron chi connectivity index (χ0n) is 14.3. The summed E-state index contributed by atoms with van der Waals surface area (Å²) in [5, 5.41) is 4.33. The van der Waals surface area contributed by atoms with Crippen molar-refractivity contribution >= 4 is 6.21 Å². The normalized spacial score (nSPS) is 11.0. The molecule has 0 amide bonds. The van der Waals surface area contributed by atoms with Gasteiger partial charge in [-0.1, -0.05) is 42.5 Å². The first kappa shape index (κ1) is 16.7. The van der Waals surface area contributed by atoms with Crippen molar-refractivity contribution < 1.29 is 4.74 Å². The molecule has 0 aliphatic heterocycles. The molecule has 4 heteroatoms. The zero-order valence-corrected chi connectivity index (χ0v) is 14.3. The van der Waals surface area contributed by atoms with Crippen molar-refractivity contribution in [3.8, 4) is 5.75 Å². The smallest absolute Gasteiger partial charge is 0.271 e. The number of aryl methyl sites for hydroxylation is 2. The minimum absolute atomic E-state index is 0.142. The minimum Gasteiger partial charge on any atom is -0.488 e. The van der Waals surface area contributed by atoms with Gasteiger partial charge in [0.1, 0.15) is 12.4 Å². The quantitative estimate of drug-likeness (QED) is 0.665. The van der Waals surface area contributed by atoms with Gasteiger partial charge in [-0.2, -0.15) is 5.10 Å². The topological polar surface area (TPSA) is 43.6 Å². The van der Waals surface area contributed by atoms with E-state index >= 15 is 0 Å². The molecule has 3 aromatic rings. The molecule has 4 nitrogen and oxygen atoms in total. The Kier molecular flexibility index (Phi) is 5.09. The van der Waals surface area contributed by atoms with Crippen LogP contribution >= 0.6 is 0 Å². The van der Waals surface area contributed by atoms with Gasteiger partial charge in [0.2, 0.25) is 0 Å². The van der Waals surface area contributed by atoms with E-state index < -0.39 is 0 Å². The first-order valence-corrected chi connectivity index (χ1v) is 8.14. The molecule has 0 saturated carbocycles. The Hall–Kier alpha value is -3.14. The fourth-order valence-electron chi connectivity index (χ4n) is 2.58. The van der Waals surface area contributed by atoms with E-state index in [-0.39, 0.29) is 5.56 Å². The number of aromatic nitrogens is 1. The molecular weight excluding hydrogens is 312 g/mol. The predicted molar refractivity (Wildman–Crippen MR) is 100 cm³/mol. The first-order chi connectivity index (χ1) is 12.1. The predicted octanol–water partition coefficient (Wildman–Crippen LogP) is 3.93. The lowest BCUT2D eigenvalue weighted by atomic mass is 10.2. The van der Waals surface area contributed by atoms with Crippen molar-refractivity contribution in [1.82, 2.24) is 4.68 Å². The van der Waals surface area contributed by atoms with Crippen LogP contribution in [-0.4, -0.2) is 10.9 Å². The second-order valence-corrected chi connectivity index (χ2v) is 5.88. The van der Waals surface area contributed by atoms with Gasteiger partial charge in [0.25, 0.3) is 5.56 Å². The number of rotatable bonds is 5. The second kappa shape index (κ2) is 7.62. The van der Waals surface area contributed by atoms with Gasteiger partial charge >= 0.3 is 0 Å². The van der Waals surface area contributed by atoms with Crippen LogP contribution in [0.15, 0.2) is 76.6 Å². The van der Waals surface area contributed by atoms with Crippen molar-refractivity contribution in [3.05, 3.63) is 99.5 Å². The highest BCUT2D eigenvalue weighted by molar-refractivity contribution is 5.83. The van der Waals surface area contributed by atoms with Crippen LogP contribution in [0.25, 0.3) is 0 Å². The van der Waals surface area contributed by atoms with Gasteiger partial charge < -0.3 is 4.74 Å². The molecule has 126 valence electrons. The van der Waals surface area contributed by atoms with E-state index in [1.165, 1.54) is 4.68 Å². The van der Waals surface area contributed by atoms with Gasteiger partial charge in [-0.05, 0) is 43.2 Å². The fourth-order valence-corrected chi connectivity index (χ4v) is 2.58. The molecule has 0 spiro atoms. The van der Waals surface area contributed by atoms with E-state index in [2.05, 4.69) is 5.10 Å². The second-order valence-electron chi connectivity index (χ2n) is 5.88. The average molecular weight is 332 g/mol. The lowest BCUT2D eigenvalue weighted by molar-refractivity contribution is 0.306. The van der Waals surface area contributed by atoms with Gasteiger partial charge in [0, 0.05) is 17.3 Å². The Morgan fingerprint density at radius 2 is 1.72 bits per heavy atom. The van der Waals surface area contributed by atoms with E-state index in [1.807, 2.05) is 74.5 Å². The number of nitrogens with zero attached hydrogens (tertiary/aromatic N) is 2. The maximum absolute atomic E-state index is 12.1.